The van der Waals surface area contributed by atoms with Crippen LogP contribution in [0.2, 0.25) is 0 Å². The smallest absolute Gasteiger partial charge is 0.294 e. The molecule has 0 bridgehead atoms. The van der Waals surface area contributed by atoms with Crippen LogP contribution in [0, 0.1) is 0 Å². The lowest BCUT2D eigenvalue weighted by molar-refractivity contribution is -0.135. The molecule has 1 aromatic carbocycles. The Labute approximate surface area is 160 Å². The summed E-state index contributed by atoms with van der Waals surface area (Å²) in [5.41, 5.74) is 5.71. The number of rotatable bonds is 6. The van der Waals surface area contributed by atoms with E-state index in [4.69, 9.17) is 10.5 Å². The van der Waals surface area contributed by atoms with E-state index in [-0.39, 0.29) is 24.0 Å². The van der Waals surface area contributed by atoms with E-state index in [0.717, 1.165) is 29.5 Å². The second-order valence-corrected chi connectivity index (χ2v) is 7.17. The monoisotopic (exact) mass is 389 g/mol. The van der Waals surface area contributed by atoms with Gasteiger partial charge in [-0.15, -0.1) is 0 Å². The fourth-order valence-electron chi connectivity index (χ4n) is 2.80. The van der Waals surface area contributed by atoms with Crippen molar-refractivity contribution in [2.24, 2.45) is 5.73 Å². The zero-order chi connectivity index (χ0) is 19.4. The van der Waals surface area contributed by atoms with Gasteiger partial charge in [0, 0.05) is 13.1 Å². The number of hydrogen-bond acceptors (Lipinski definition) is 6. The number of nitrogens with zero attached hydrogens (tertiary/aromatic N) is 2. The number of imide groups is 1. The van der Waals surface area contributed by atoms with Crippen molar-refractivity contribution in [1.82, 2.24) is 9.80 Å². The summed E-state index contributed by atoms with van der Waals surface area (Å²) in [5, 5.41) is -0.444. The van der Waals surface area contributed by atoms with E-state index in [0.29, 0.717) is 24.4 Å². The number of carbonyl (C=O) groups excluding carboxylic acids is 4. The van der Waals surface area contributed by atoms with Gasteiger partial charge in [0.25, 0.3) is 17.1 Å². The van der Waals surface area contributed by atoms with Crippen LogP contribution in [0.25, 0.3) is 6.08 Å². The molecule has 2 heterocycles. The molecule has 0 radical (unpaired) electrons. The Morgan fingerprint density at radius 2 is 1.81 bits per heavy atom. The zero-order valence-corrected chi connectivity index (χ0v) is 15.4. The first-order valence-electron chi connectivity index (χ1n) is 8.48. The molecule has 2 aliphatic rings. The van der Waals surface area contributed by atoms with E-state index in [1.54, 1.807) is 35.2 Å². The molecule has 3 rings (SSSR count). The van der Waals surface area contributed by atoms with Crippen LogP contribution >= 0.6 is 11.8 Å². The minimum absolute atomic E-state index is 0.202. The van der Waals surface area contributed by atoms with E-state index >= 15 is 0 Å². The third kappa shape index (κ3) is 4.68. The molecule has 27 heavy (non-hydrogen) atoms. The number of nitrogens with two attached hydrogens (primary N) is 1. The molecule has 0 atom stereocenters. The van der Waals surface area contributed by atoms with Crippen molar-refractivity contribution in [3.63, 3.8) is 0 Å². The molecule has 2 fully saturated rings. The highest BCUT2D eigenvalue weighted by Gasteiger charge is 2.37. The first-order valence-corrected chi connectivity index (χ1v) is 9.30. The van der Waals surface area contributed by atoms with E-state index < -0.39 is 17.1 Å². The fourth-order valence-corrected chi connectivity index (χ4v) is 3.64. The zero-order valence-electron chi connectivity index (χ0n) is 14.6. The molecule has 8 nitrogen and oxygen atoms in total. The molecule has 1 aromatic rings. The van der Waals surface area contributed by atoms with Gasteiger partial charge in [0.1, 0.15) is 12.3 Å². The van der Waals surface area contributed by atoms with Gasteiger partial charge in [-0.25, -0.2) is 0 Å². The van der Waals surface area contributed by atoms with E-state index in [1.807, 2.05) is 0 Å². The highest BCUT2D eigenvalue weighted by molar-refractivity contribution is 8.18. The van der Waals surface area contributed by atoms with Crippen molar-refractivity contribution in [1.29, 1.82) is 0 Å². The van der Waals surface area contributed by atoms with Crippen LogP contribution in [0.3, 0.4) is 0 Å². The molecule has 0 unspecified atom stereocenters. The summed E-state index contributed by atoms with van der Waals surface area (Å²) in [6, 6.07) is 6.66. The number of hydrogen-bond donors (Lipinski definition) is 1. The van der Waals surface area contributed by atoms with Gasteiger partial charge in [-0.1, -0.05) is 12.1 Å². The molecule has 0 spiro atoms. The van der Waals surface area contributed by atoms with Gasteiger partial charge in [-0.05, 0) is 48.4 Å². The number of primary amides is 1. The van der Waals surface area contributed by atoms with Crippen molar-refractivity contribution in [3.8, 4) is 5.75 Å². The van der Waals surface area contributed by atoms with Crippen LogP contribution in [-0.4, -0.2) is 59.0 Å². The van der Waals surface area contributed by atoms with Crippen molar-refractivity contribution in [3.05, 3.63) is 34.7 Å². The Hall–Kier alpha value is -2.81. The van der Waals surface area contributed by atoms with Crippen molar-refractivity contribution < 1.29 is 23.9 Å². The Morgan fingerprint density at radius 1 is 1.15 bits per heavy atom. The summed E-state index contributed by atoms with van der Waals surface area (Å²) in [5.74, 6) is -0.773. The Balaban J connectivity index is 1.64. The first-order chi connectivity index (χ1) is 12.9. The lowest BCUT2D eigenvalue weighted by Crippen LogP contribution is -2.40. The molecule has 4 amide bonds. The second kappa shape index (κ2) is 8.26. The van der Waals surface area contributed by atoms with Crippen LogP contribution in [0.1, 0.15) is 18.4 Å². The lowest BCUT2D eigenvalue weighted by atomic mass is 10.2. The molecule has 0 aliphatic carbocycles. The number of ether oxygens (including phenoxy) is 1. The summed E-state index contributed by atoms with van der Waals surface area (Å²) >= 11 is 0.815. The molecule has 0 aromatic heterocycles. The summed E-state index contributed by atoms with van der Waals surface area (Å²) in [6.45, 7) is 0.912. The number of benzene rings is 1. The van der Waals surface area contributed by atoms with Crippen LogP contribution in [-0.2, 0) is 14.4 Å². The summed E-state index contributed by atoms with van der Waals surface area (Å²) in [7, 11) is 0. The first kappa shape index (κ1) is 19.0. The highest BCUT2D eigenvalue weighted by atomic mass is 32.2. The SMILES string of the molecule is NC(=O)COc1ccc(/C=C2\SC(=O)N(CC(=O)N3CCCC3)C2=O)cc1. The van der Waals surface area contributed by atoms with E-state index in [2.05, 4.69) is 0 Å². The molecular formula is C18H19N3O5S. The molecular weight excluding hydrogens is 370 g/mol. The Morgan fingerprint density at radius 3 is 2.44 bits per heavy atom. The van der Waals surface area contributed by atoms with Crippen LogP contribution in [0.15, 0.2) is 29.2 Å². The van der Waals surface area contributed by atoms with E-state index in [9.17, 15) is 19.2 Å². The minimum atomic E-state index is -0.573. The van der Waals surface area contributed by atoms with Gasteiger partial charge in [-0.2, -0.15) is 0 Å². The third-order valence-electron chi connectivity index (χ3n) is 4.18. The largest absolute Gasteiger partial charge is 0.484 e. The Kier molecular flexibility index (Phi) is 5.80. The number of thioether (sulfide) groups is 1. The molecule has 142 valence electrons. The van der Waals surface area contributed by atoms with E-state index in [1.165, 1.54) is 0 Å². The Bertz CT molecular complexity index is 800. The van der Waals surface area contributed by atoms with Crippen LogP contribution in [0.4, 0.5) is 4.79 Å². The van der Waals surface area contributed by atoms with Gasteiger partial charge in [-0.3, -0.25) is 24.1 Å². The average Bonchev–Trinajstić information content (AvgIpc) is 3.26. The number of carbonyl (C=O) groups is 4. The third-order valence-corrected chi connectivity index (χ3v) is 5.09. The predicted molar refractivity (Wildman–Crippen MR) is 99.6 cm³/mol. The standard InChI is InChI=1S/C18H19N3O5S/c19-15(22)11-26-13-5-3-12(4-6-13)9-14-17(24)21(18(25)27-14)10-16(23)20-7-1-2-8-20/h3-6,9H,1-2,7-8,10-11H2,(H2,19,22)/b14-9-. The lowest BCUT2D eigenvalue weighted by Gasteiger charge is -2.18. The predicted octanol–water partition coefficient (Wildman–Crippen LogP) is 1.21. The second-order valence-electron chi connectivity index (χ2n) is 6.18. The van der Waals surface area contributed by atoms with Gasteiger partial charge in [0.2, 0.25) is 5.91 Å². The molecule has 2 saturated heterocycles. The minimum Gasteiger partial charge on any atom is -0.484 e. The van der Waals surface area contributed by atoms with Gasteiger partial charge >= 0.3 is 0 Å². The normalized spacial score (nSPS) is 18.4. The maximum absolute atomic E-state index is 12.5. The van der Waals surface area contributed by atoms with Crippen LogP contribution < -0.4 is 10.5 Å². The molecule has 9 heteroatoms. The summed E-state index contributed by atoms with van der Waals surface area (Å²) in [6.07, 6.45) is 3.49. The van der Waals surface area contributed by atoms with Crippen molar-refractivity contribution in [2.45, 2.75) is 12.8 Å². The van der Waals surface area contributed by atoms with Crippen molar-refractivity contribution in [2.75, 3.05) is 26.2 Å². The van der Waals surface area contributed by atoms with Crippen LogP contribution in [0.5, 0.6) is 5.75 Å². The molecule has 2 aliphatic heterocycles. The van der Waals surface area contributed by atoms with Gasteiger partial charge in [0.05, 0.1) is 4.91 Å². The summed E-state index contributed by atoms with van der Waals surface area (Å²) < 4.78 is 5.17. The maximum atomic E-state index is 12.5. The number of amides is 4. The maximum Gasteiger partial charge on any atom is 0.294 e. The van der Waals surface area contributed by atoms with Crippen molar-refractivity contribution >= 4 is 40.8 Å². The van der Waals surface area contributed by atoms with Gasteiger partial charge in [0.15, 0.2) is 6.61 Å². The quantitative estimate of drug-likeness (QED) is 0.733. The number of likely N-dealkylation sites (tertiary alicyclic amines) is 1. The molecule has 0 saturated carbocycles. The fraction of sp³-hybridized carbons (Fsp3) is 0.333. The molecule has 2 N–H and O–H groups in total. The topological polar surface area (TPSA) is 110 Å². The highest BCUT2D eigenvalue weighted by Crippen LogP contribution is 2.32. The summed E-state index contributed by atoms with van der Waals surface area (Å²) in [4.78, 5) is 50.5. The average molecular weight is 389 g/mol. The van der Waals surface area contributed by atoms with Gasteiger partial charge < -0.3 is 15.4 Å².